The molecule has 3 aromatic rings. The van der Waals surface area contributed by atoms with E-state index in [-0.39, 0.29) is 30.0 Å². The Morgan fingerprint density at radius 3 is 2.79 bits per heavy atom. The SMILES string of the molecule is O=c1[nH]c(-c2ccco2)nc2c1CCN(Cc1cc(C(F)(F)F)ccc1F)C2. The van der Waals surface area contributed by atoms with Crippen LogP contribution in [-0.2, 0) is 25.7 Å². The molecule has 28 heavy (non-hydrogen) atoms. The van der Waals surface area contributed by atoms with Crippen molar-refractivity contribution in [2.45, 2.75) is 25.7 Å². The van der Waals surface area contributed by atoms with Crippen LogP contribution >= 0.6 is 0 Å². The van der Waals surface area contributed by atoms with E-state index in [0.717, 1.165) is 18.2 Å². The van der Waals surface area contributed by atoms with E-state index in [1.807, 2.05) is 0 Å². The van der Waals surface area contributed by atoms with E-state index in [1.165, 1.54) is 6.26 Å². The van der Waals surface area contributed by atoms with Gasteiger partial charge in [-0.25, -0.2) is 9.37 Å². The van der Waals surface area contributed by atoms with E-state index in [9.17, 15) is 22.4 Å². The molecular weight excluding hydrogens is 378 g/mol. The molecule has 0 saturated carbocycles. The second kappa shape index (κ2) is 6.90. The monoisotopic (exact) mass is 393 g/mol. The van der Waals surface area contributed by atoms with Crippen LogP contribution in [0.1, 0.15) is 22.4 Å². The molecule has 3 heterocycles. The first-order chi connectivity index (χ1) is 13.3. The number of aromatic amines is 1. The van der Waals surface area contributed by atoms with Crippen molar-refractivity contribution in [3.05, 3.63) is 75.2 Å². The van der Waals surface area contributed by atoms with Crippen LogP contribution in [-0.4, -0.2) is 21.4 Å². The van der Waals surface area contributed by atoms with Gasteiger partial charge in [-0.2, -0.15) is 13.2 Å². The van der Waals surface area contributed by atoms with Crippen LogP contribution in [0.15, 0.2) is 45.8 Å². The minimum absolute atomic E-state index is 0.0141. The fraction of sp³-hybridized carbons (Fsp3) is 0.263. The van der Waals surface area contributed by atoms with Crippen LogP contribution in [0.3, 0.4) is 0 Å². The van der Waals surface area contributed by atoms with Crippen molar-refractivity contribution in [3.63, 3.8) is 0 Å². The number of H-pyrrole nitrogens is 1. The van der Waals surface area contributed by atoms with Crippen LogP contribution < -0.4 is 5.56 Å². The number of alkyl halides is 3. The minimum Gasteiger partial charge on any atom is -0.461 e. The summed E-state index contributed by atoms with van der Waals surface area (Å²) in [6.07, 6.45) is -2.71. The van der Waals surface area contributed by atoms with E-state index in [4.69, 9.17) is 4.42 Å². The summed E-state index contributed by atoms with van der Waals surface area (Å²) in [6, 6.07) is 5.69. The molecule has 1 aliphatic heterocycles. The molecule has 1 aromatic carbocycles. The van der Waals surface area contributed by atoms with E-state index in [0.29, 0.717) is 30.0 Å². The van der Waals surface area contributed by atoms with Gasteiger partial charge in [0.1, 0.15) is 5.82 Å². The average Bonchev–Trinajstić information content (AvgIpc) is 3.17. The van der Waals surface area contributed by atoms with Gasteiger partial charge in [-0.1, -0.05) is 0 Å². The third-order valence-electron chi connectivity index (χ3n) is 4.67. The van der Waals surface area contributed by atoms with Crippen LogP contribution in [0, 0.1) is 5.82 Å². The molecule has 0 amide bonds. The third kappa shape index (κ3) is 3.57. The largest absolute Gasteiger partial charge is 0.461 e. The smallest absolute Gasteiger partial charge is 0.416 e. The number of halogens is 4. The molecule has 9 heteroatoms. The van der Waals surface area contributed by atoms with Crippen LogP contribution in [0.2, 0.25) is 0 Å². The highest BCUT2D eigenvalue weighted by Crippen LogP contribution is 2.31. The summed E-state index contributed by atoms with van der Waals surface area (Å²) >= 11 is 0. The van der Waals surface area contributed by atoms with Gasteiger partial charge in [0.25, 0.3) is 5.56 Å². The zero-order valence-electron chi connectivity index (χ0n) is 14.5. The summed E-state index contributed by atoms with van der Waals surface area (Å²) in [6.45, 7) is 0.621. The normalized spacial score (nSPS) is 14.9. The van der Waals surface area contributed by atoms with Crippen molar-refractivity contribution in [1.82, 2.24) is 14.9 Å². The highest BCUT2D eigenvalue weighted by molar-refractivity contribution is 5.47. The van der Waals surface area contributed by atoms with Crippen molar-refractivity contribution in [1.29, 1.82) is 0 Å². The highest BCUT2D eigenvalue weighted by Gasteiger charge is 2.31. The summed E-state index contributed by atoms with van der Waals surface area (Å²) in [5.41, 5.74) is -0.184. The molecule has 2 aromatic heterocycles. The van der Waals surface area contributed by atoms with Gasteiger partial charge in [0.05, 0.1) is 17.5 Å². The maximum atomic E-state index is 14.0. The lowest BCUT2D eigenvalue weighted by atomic mass is 10.0. The van der Waals surface area contributed by atoms with Gasteiger partial charge in [-0.05, 0) is 36.8 Å². The molecule has 0 fully saturated rings. The lowest BCUT2D eigenvalue weighted by Gasteiger charge is -2.28. The van der Waals surface area contributed by atoms with Crippen LogP contribution in [0.4, 0.5) is 17.6 Å². The van der Waals surface area contributed by atoms with Gasteiger partial charge < -0.3 is 9.40 Å². The molecule has 146 valence electrons. The number of nitrogens with one attached hydrogen (secondary N) is 1. The van der Waals surface area contributed by atoms with Gasteiger partial charge in [0.2, 0.25) is 0 Å². The number of aromatic nitrogens is 2. The van der Waals surface area contributed by atoms with Gasteiger partial charge >= 0.3 is 6.18 Å². The molecule has 4 rings (SSSR count). The molecule has 0 saturated heterocycles. The number of fused-ring (bicyclic) bond motifs is 1. The number of hydrogen-bond donors (Lipinski definition) is 1. The second-order valence-electron chi connectivity index (χ2n) is 6.58. The van der Waals surface area contributed by atoms with E-state index >= 15 is 0 Å². The Morgan fingerprint density at radius 1 is 1.25 bits per heavy atom. The topological polar surface area (TPSA) is 62.1 Å². The number of benzene rings is 1. The Kier molecular flexibility index (Phi) is 4.54. The molecule has 0 bridgehead atoms. The van der Waals surface area contributed by atoms with Crippen molar-refractivity contribution >= 4 is 0 Å². The van der Waals surface area contributed by atoms with E-state index < -0.39 is 17.6 Å². The molecule has 0 atom stereocenters. The predicted molar refractivity (Wildman–Crippen MR) is 91.8 cm³/mol. The first-order valence-electron chi connectivity index (χ1n) is 8.55. The molecule has 0 aliphatic carbocycles. The Balaban J connectivity index is 1.60. The van der Waals surface area contributed by atoms with E-state index in [1.54, 1.807) is 17.0 Å². The fourth-order valence-electron chi connectivity index (χ4n) is 3.27. The molecule has 5 nitrogen and oxygen atoms in total. The minimum atomic E-state index is -4.54. The second-order valence-corrected chi connectivity index (χ2v) is 6.58. The number of furan rings is 1. The molecule has 0 unspecified atom stereocenters. The standard InChI is InChI=1S/C19H15F4N3O2/c20-14-4-3-12(19(21,22)23)8-11(14)9-26-6-5-13-15(10-26)24-17(25-18(13)27)16-2-1-7-28-16/h1-4,7-8H,5-6,9-10H2,(H,24,25,27). The number of nitrogens with zero attached hydrogens (tertiary/aromatic N) is 2. The highest BCUT2D eigenvalue weighted by atomic mass is 19.4. The van der Waals surface area contributed by atoms with Crippen molar-refractivity contribution in [2.24, 2.45) is 0 Å². The first kappa shape index (κ1) is 18.4. The first-order valence-corrected chi connectivity index (χ1v) is 8.55. The zero-order valence-corrected chi connectivity index (χ0v) is 14.5. The maximum absolute atomic E-state index is 14.0. The van der Waals surface area contributed by atoms with Crippen LogP contribution in [0.25, 0.3) is 11.6 Å². The number of hydrogen-bond acceptors (Lipinski definition) is 4. The van der Waals surface area contributed by atoms with Crippen LogP contribution in [0.5, 0.6) is 0 Å². The van der Waals surface area contributed by atoms with Crippen molar-refractivity contribution in [3.8, 4) is 11.6 Å². The lowest BCUT2D eigenvalue weighted by molar-refractivity contribution is -0.137. The molecular formula is C19H15F4N3O2. The Morgan fingerprint density at radius 2 is 2.07 bits per heavy atom. The van der Waals surface area contributed by atoms with Gasteiger partial charge in [-0.15, -0.1) is 0 Å². The summed E-state index contributed by atoms with van der Waals surface area (Å²) in [5.74, 6) is -0.0178. The molecule has 0 radical (unpaired) electrons. The summed E-state index contributed by atoms with van der Waals surface area (Å²) in [5, 5.41) is 0. The average molecular weight is 393 g/mol. The molecule has 0 spiro atoms. The lowest BCUT2D eigenvalue weighted by Crippen LogP contribution is -2.35. The third-order valence-corrected chi connectivity index (χ3v) is 4.67. The predicted octanol–water partition coefficient (Wildman–Crippen LogP) is 3.75. The van der Waals surface area contributed by atoms with E-state index in [2.05, 4.69) is 9.97 Å². The fourth-order valence-corrected chi connectivity index (χ4v) is 3.27. The summed E-state index contributed by atoms with van der Waals surface area (Å²) in [7, 11) is 0. The quantitative estimate of drug-likeness (QED) is 0.689. The molecule has 1 N–H and O–H groups in total. The summed E-state index contributed by atoms with van der Waals surface area (Å²) < 4.78 is 58.0. The van der Waals surface area contributed by atoms with Gasteiger partial charge in [0.15, 0.2) is 11.6 Å². The van der Waals surface area contributed by atoms with Crippen molar-refractivity contribution < 1.29 is 22.0 Å². The van der Waals surface area contributed by atoms with Gasteiger partial charge in [0, 0.05) is 30.8 Å². The zero-order chi connectivity index (χ0) is 19.9. The van der Waals surface area contributed by atoms with Gasteiger partial charge in [-0.3, -0.25) is 9.69 Å². The Hall–Kier alpha value is -2.94. The Bertz CT molecular complexity index is 1060. The Labute approximate surface area is 156 Å². The number of rotatable bonds is 3. The molecule has 1 aliphatic rings. The van der Waals surface area contributed by atoms with Crippen molar-refractivity contribution in [2.75, 3.05) is 6.54 Å². The maximum Gasteiger partial charge on any atom is 0.416 e. The summed E-state index contributed by atoms with van der Waals surface area (Å²) in [4.78, 5) is 21.2.